The Hall–Kier alpha value is -1.51. The number of rotatable bonds is 2. The van der Waals surface area contributed by atoms with Gasteiger partial charge in [-0.1, -0.05) is 30.3 Å². The van der Waals surface area contributed by atoms with E-state index in [1.165, 1.54) is 6.92 Å². The molecule has 6 atom stereocenters. The lowest BCUT2D eigenvalue weighted by Gasteiger charge is -2.46. The van der Waals surface area contributed by atoms with Gasteiger partial charge in [0.05, 0.1) is 6.61 Å². The van der Waals surface area contributed by atoms with Gasteiger partial charge in [0.15, 0.2) is 12.6 Å². The van der Waals surface area contributed by atoms with Crippen LogP contribution in [0, 0.1) is 0 Å². The number of benzene rings is 1. The van der Waals surface area contributed by atoms with Gasteiger partial charge in [0.2, 0.25) is 5.91 Å². The van der Waals surface area contributed by atoms with Crippen molar-refractivity contribution in [2.24, 2.45) is 0 Å². The van der Waals surface area contributed by atoms with E-state index in [1.807, 2.05) is 30.3 Å². The molecule has 1 aromatic carbocycles. The summed E-state index contributed by atoms with van der Waals surface area (Å²) in [6, 6.07) is 8.41. The average Bonchev–Trinajstić information content (AvgIpc) is 2.52. The lowest BCUT2D eigenvalue weighted by molar-refractivity contribution is -0.337. The molecule has 7 heteroatoms. The zero-order chi connectivity index (χ0) is 15.7. The van der Waals surface area contributed by atoms with E-state index < -0.39 is 36.9 Å². The molecule has 2 heterocycles. The maximum Gasteiger partial charge on any atom is 0.217 e. The number of carbonyl (C=O) groups excluding carboxylic acids is 1. The zero-order valence-electron chi connectivity index (χ0n) is 12.1. The fraction of sp³-hybridized carbons (Fsp3) is 0.533. The second-order valence-corrected chi connectivity index (χ2v) is 5.46. The number of hydrogen-bond donors (Lipinski definition) is 3. The highest BCUT2D eigenvalue weighted by atomic mass is 16.7. The van der Waals surface area contributed by atoms with Crippen LogP contribution in [0.4, 0.5) is 0 Å². The van der Waals surface area contributed by atoms with Crippen LogP contribution in [0.1, 0.15) is 18.8 Å². The van der Waals surface area contributed by atoms with Gasteiger partial charge in [0.25, 0.3) is 0 Å². The largest absolute Gasteiger partial charge is 0.388 e. The zero-order valence-corrected chi connectivity index (χ0v) is 12.1. The maximum absolute atomic E-state index is 11.2. The first kappa shape index (κ1) is 15.4. The van der Waals surface area contributed by atoms with Crippen LogP contribution in [0.5, 0.6) is 0 Å². The predicted octanol–water partition coefficient (Wildman–Crippen LogP) is -0.317. The van der Waals surface area contributed by atoms with Crippen molar-refractivity contribution in [3.63, 3.8) is 0 Å². The summed E-state index contributed by atoms with van der Waals surface area (Å²) in [5.41, 5.74) is 0.829. The third-order valence-electron chi connectivity index (χ3n) is 3.83. The molecule has 7 nitrogen and oxygen atoms in total. The van der Waals surface area contributed by atoms with Crippen molar-refractivity contribution < 1.29 is 29.2 Å². The number of aliphatic hydroxyl groups is 2. The standard InChI is InChI=1S/C15H19NO6/c1-8(17)16-11-12(18)13-10(21-14(11)19)7-20-15(22-13)9-5-3-2-4-6-9/h2-6,10-15,18-19H,7H2,1H3,(H,16,17)/t10-,11+,12+,13+,14-,15+/m1/s1. The van der Waals surface area contributed by atoms with E-state index in [0.29, 0.717) is 0 Å². The van der Waals surface area contributed by atoms with Crippen LogP contribution in [-0.4, -0.2) is 53.4 Å². The molecular formula is C15H19NO6. The molecule has 1 amide bonds. The molecule has 0 aliphatic carbocycles. The lowest BCUT2D eigenvalue weighted by atomic mass is 9.96. The molecule has 1 aromatic rings. The first-order valence-corrected chi connectivity index (χ1v) is 7.17. The molecule has 2 aliphatic rings. The monoisotopic (exact) mass is 309 g/mol. The Morgan fingerprint density at radius 2 is 1.95 bits per heavy atom. The molecule has 0 saturated carbocycles. The van der Waals surface area contributed by atoms with Crippen LogP contribution in [0.15, 0.2) is 30.3 Å². The Balaban J connectivity index is 1.75. The first-order valence-electron chi connectivity index (χ1n) is 7.17. The van der Waals surface area contributed by atoms with Gasteiger partial charge in [-0.25, -0.2) is 0 Å². The fourth-order valence-corrected chi connectivity index (χ4v) is 2.78. The van der Waals surface area contributed by atoms with E-state index in [4.69, 9.17) is 14.2 Å². The second-order valence-electron chi connectivity index (χ2n) is 5.46. The van der Waals surface area contributed by atoms with E-state index >= 15 is 0 Å². The van der Waals surface area contributed by atoms with Gasteiger partial charge in [0, 0.05) is 12.5 Å². The van der Waals surface area contributed by atoms with E-state index in [0.717, 1.165) is 5.56 Å². The predicted molar refractivity (Wildman–Crippen MR) is 74.5 cm³/mol. The highest BCUT2D eigenvalue weighted by Crippen LogP contribution is 2.33. The molecule has 2 saturated heterocycles. The third-order valence-corrected chi connectivity index (χ3v) is 3.83. The van der Waals surface area contributed by atoms with Gasteiger partial charge in [-0.05, 0) is 0 Å². The van der Waals surface area contributed by atoms with Crippen molar-refractivity contribution in [3.8, 4) is 0 Å². The van der Waals surface area contributed by atoms with E-state index in [-0.39, 0.29) is 12.5 Å². The van der Waals surface area contributed by atoms with Crippen molar-refractivity contribution in [2.75, 3.05) is 6.61 Å². The van der Waals surface area contributed by atoms with Gasteiger partial charge in [-0.2, -0.15) is 0 Å². The molecule has 120 valence electrons. The van der Waals surface area contributed by atoms with Gasteiger partial charge in [-0.15, -0.1) is 0 Å². The number of ether oxygens (including phenoxy) is 3. The topological polar surface area (TPSA) is 97.3 Å². The maximum atomic E-state index is 11.2. The summed E-state index contributed by atoms with van der Waals surface area (Å²) in [5.74, 6) is -0.364. The highest BCUT2D eigenvalue weighted by molar-refractivity contribution is 5.73. The van der Waals surface area contributed by atoms with E-state index in [2.05, 4.69) is 5.32 Å². The third kappa shape index (κ3) is 2.99. The summed E-state index contributed by atoms with van der Waals surface area (Å²) in [6.45, 7) is 1.49. The first-order chi connectivity index (χ1) is 10.6. The van der Waals surface area contributed by atoms with Crippen molar-refractivity contribution in [1.82, 2.24) is 5.32 Å². The van der Waals surface area contributed by atoms with Gasteiger partial charge >= 0.3 is 0 Å². The number of nitrogens with one attached hydrogen (secondary N) is 1. The van der Waals surface area contributed by atoms with Crippen LogP contribution in [0.3, 0.4) is 0 Å². The summed E-state index contributed by atoms with van der Waals surface area (Å²) in [7, 11) is 0. The molecule has 0 spiro atoms. The Labute approximate surface area is 127 Å². The number of aliphatic hydroxyl groups excluding tert-OH is 2. The number of hydrogen-bond acceptors (Lipinski definition) is 6. The van der Waals surface area contributed by atoms with Crippen LogP contribution >= 0.6 is 0 Å². The molecule has 0 radical (unpaired) electrons. The van der Waals surface area contributed by atoms with Crippen LogP contribution in [-0.2, 0) is 19.0 Å². The van der Waals surface area contributed by atoms with Gasteiger partial charge in [-0.3, -0.25) is 4.79 Å². The average molecular weight is 309 g/mol. The molecule has 2 fully saturated rings. The fourth-order valence-electron chi connectivity index (χ4n) is 2.78. The summed E-state index contributed by atoms with van der Waals surface area (Å²) in [4.78, 5) is 11.2. The Bertz CT molecular complexity index is 524. The van der Waals surface area contributed by atoms with Crippen molar-refractivity contribution in [2.45, 2.75) is 43.9 Å². The Kier molecular flexibility index (Phi) is 4.42. The minimum absolute atomic E-state index is 0.186. The van der Waals surface area contributed by atoms with Crippen molar-refractivity contribution in [1.29, 1.82) is 0 Å². The molecule has 0 bridgehead atoms. The van der Waals surface area contributed by atoms with Gasteiger partial charge in [0.1, 0.15) is 24.4 Å². The molecule has 22 heavy (non-hydrogen) atoms. The summed E-state index contributed by atoms with van der Waals surface area (Å²) in [6.07, 6.45) is -4.29. The second kappa shape index (κ2) is 6.31. The minimum Gasteiger partial charge on any atom is -0.388 e. The molecule has 0 unspecified atom stereocenters. The number of amides is 1. The normalized spacial score (nSPS) is 38.1. The minimum atomic E-state index is -1.30. The quantitative estimate of drug-likeness (QED) is 0.693. The summed E-state index contributed by atoms with van der Waals surface area (Å²) < 4.78 is 16.8. The number of fused-ring (bicyclic) bond motifs is 1. The Morgan fingerprint density at radius 1 is 1.23 bits per heavy atom. The summed E-state index contributed by atoms with van der Waals surface area (Å²) in [5, 5.41) is 22.8. The van der Waals surface area contributed by atoms with Crippen LogP contribution in [0.2, 0.25) is 0 Å². The molecule has 0 aromatic heterocycles. The van der Waals surface area contributed by atoms with E-state index in [9.17, 15) is 15.0 Å². The Morgan fingerprint density at radius 3 is 2.64 bits per heavy atom. The molecule has 3 rings (SSSR count). The SMILES string of the molecule is CC(=O)N[C@H]1[C@H](O)[C@H]2O[C@@H](c3ccccc3)OC[C@H]2O[C@H]1O. The van der Waals surface area contributed by atoms with Crippen molar-refractivity contribution in [3.05, 3.63) is 35.9 Å². The smallest absolute Gasteiger partial charge is 0.217 e. The van der Waals surface area contributed by atoms with Crippen LogP contribution < -0.4 is 5.32 Å². The lowest BCUT2D eigenvalue weighted by Crippen LogP contribution is -2.66. The molecule has 2 aliphatic heterocycles. The van der Waals surface area contributed by atoms with Crippen molar-refractivity contribution >= 4 is 5.91 Å². The molecular weight excluding hydrogens is 290 g/mol. The highest BCUT2D eigenvalue weighted by Gasteiger charge is 2.49. The summed E-state index contributed by atoms with van der Waals surface area (Å²) >= 11 is 0. The van der Waals surface area contributed by atoms with Crippen LogP contribution in [0.25, 0.3) is 0 Å². The van der Waals surface area contributed by atoms with Gasteiger partial charge < -0.3 is 29.7 Å². The number of carbonyl (C=O) groups is 1. The van der Waals surface area contributed by atoms with E-state index in [1.54, 1.807) is 0 Å². The molecule has 3 N–H and O–H groups in total.